The molecule has 8 heteroatoms. The number of carbonyl (C=O) groups is 1. The highest BCUT2D eigenvalue weighted by Gasteiger charge is 2.30. The average Bonchev–Trinajstić information content (AvgIpc) is 2.64. The molecule has 0 spiro atoms. The Kier molecular flexibility index (Phi) is 8.37. The molecule has 1 fully saturated rings. The molecule has 5 nitrogen and oxygen atoms in total. The lowest BCUT2D eigenvalue weighted by atomic mass is 9.93. The van der Waals surface area contributed by atoms with Gasteiger partial charge in [-0.3, -0.25) is 9.69 Å². The third-order valence-electron chi connectivity index (χ3n) is 4.75. The van der Waals surface area contributed by atoms with Crippen molar-refractivity contribution in [3.8, 4) is 5.75 Å². The van der Waals surface area contributed by atoms with Crippen molar-refractivity contribution in [3.05, 3.63) is 29.8 Å². The van der Waals surface area contributed by atoms with Gasteiger partial charge in [-0.05, 0) is 76.1 Å². The van der Waals surface area contributed by atoms with Crippen LogP contribution < -0.4 is 15.4 Å². The minimum Gasteiger partial charge on any atom is -0.492 e. The van der Waals surface area contributed by atoms with E-state index >= 15 is 0 Å². The first-order valence-electron chi connectivity index (χ1n) is 9.32. The first kappa shape index (κ1) is 21.5. The van der Waals surface area contributed by atoms with Crippen LogP contribution in [0.5, 0.6) is 5.75 Å². The third kappa shape index (κ3) is 7.76. The summed E-state index contributed by atoms with van der Waals surface area (Å²) in [6, 6.07) is 4.52. The minimum absolute atomic E-state index is 0.0558. The molecule has 0 saturated carbocycles. The van der Waals surface area contributed by atoms with Crippen LogP contribution in [0.3, 0.4) is 0 Å². The van der Waals surface area contributed by atoms with Gasteiger partial charge in [0, 0.05) is 0 Å². The van der Waals surface area contributed by atoms with Crippen molar-refractivity contribution in [2.45, 2.75) is 25.4 Å². The summed E-state index contributed by atoms with van der Waals surface area (Å²) in [5.41, 5.74) is -0.710. The molecule has 1 aliphatic heterocycles. The van der Waals surface area contributed by atoms with Gasteiger partial charge < -0.3 is 15.4 Å². The van der Waals surface area contributed by atoms with Crippen LogP contribution in [0.1, 0.15) is 24.8 Å². The van der Waals surface area contributed by atoms with Gasteiger partial charge in [-0.25, -0.2) is 0 Å². The molecule has 0 bridgehead atoms. The first-order valence-corrected chi connectivity index (χ1v) is 9.32. The van der Waals surface area contributed by atoms with E-state index in [-0.39, 0.29) is 12.5 Å². The maximum Gasteiger partial charge on any atom is 0.416 e. The van der Waals surface area contributed by atoms with Crippen molar-refractivity contribution in [2.75, 3.05) is 46.4 Å². The number of nitrogens with zero attached hydrogens (tertiary/aromatic N) is 1. The molecular formula is C19H28F3N3O2. The Bertz CT molecular complexity index is 571. The van der Waals surface area contributed by atoms with Crippen LogP contribution in [0.4, 0.5) is 13.2 Å². The number of amides is 1. The Morgan fingerprint density at radius 1 is 1.19 bits per heavy atom. The second kappa shape index (κ2) is 10.5. The molecule has 0 unspecified atom stereocenters. The van der Waals surface area contributed by atoms with Crippen molar-refractivity contribution < 1.29 is 22.7 Å². The molecular weight excluding hydrogens is 359 g/mol. The highest BCUT2D eigenvalue weighted by molar-refractivity contribution is 5.78. The van der Waals surface area contributed by atoms with Crippen LogP contribution in [-0.4, -0.2) is 57.2 Å². The number of alkyl halides is 3. The highest BCUT2D eigenvalue weighted by atomic mass is 19.4. The van der Waals surface area contributed by atoms with E-state index in [9.17, 15) is 18.0 Å². The second-order valence-electron chi connectivity index (χ2n) is 6.83. The predicted molar refractivity (Wildman–Crippen MR) is 97.7 cm³/mol. The Labute approximate surface area is 158 Å². The Morgan fingerprint density at radius 3 is 2.44 bits per heavy atom. The summed E-state index contributed by atoms with van der Waals surface area (Å²) < 4.78 is 42.8. The van der Waals surface area contributed by atoms with Gasteiger partial charge >= 0.3 is 6.18 Å². The normalized spacial score (nSPS) is 16.3. The van der Waals surface area contributed by atoms with Crippen molar-refractivity contribution in [2.24, 2.45) is 5.92 Å². The van der Waals surface area contributed by atoms with E-state index in [1.165, 1.54) is 18.6 Å². The molecule has 0 aliphatic carbocycles. The molecule has 2 rings (SSSR count). The Hall–Kier alpha value is -1.80. The van der Waals surface area contributed by atoms with Crippen LogP contribution in [0.15, 0.2) is 24.3 Å². The van der Waals surface area contributed by atoms with E-state index in [1.54, 1.807) is 0 Å². The van der Waals surface area contributed by atoms with Gasteiger partial charge in [0.25, 0.3) is 0 Å². The lowest BCUT2D eigenvalue weighted by molar-refractivity contribution is -0.137. The first-order chi connectivity index (χ1) is 12.9. The number of nitrogens with one attached hydrogen (secondary N) is 2. The van der Waals surface area contributed by atoms with Crippen LogP contribution in [0.2, 0.25) is 0 Å². The number of carbonyl (C=O) groups excluding carboxylic acids is 1. The van der Waals surface area contributed by atoms with Crippen LogP contribution in [0, 0.1) is 5.92 Å². The number of likely N-dealkylation sites (tertiary alicyclic amines) is 1. The number of hydrogen-bond acceptors (Lipinski definition) is 4. The van der Waals surface area contributed by atoms with Gasteiger partial charge in [0.05, 0.1) is 18.7 Å². The van der Waals surface area contributed by atoms with Gasteiger partial charge in [0.2, 0.25) is 5.91 Å². The summed E-state index contributed by atoms with van der Waals surface area (Å²) in [6.07, 6.45) is -0.941. The Balaban J connectivity index is 1.59. The summed E-state index contributed by atoms with van der Waals surface area (Å²) in [5.74, 6) is 1.02. The number of ether oxygens (including phenoxy) is 1. The largest absolute Gasteiger partial charge is 0.492 e. The molecule has 1 aliphatic rings. The maximum absolute atomic E-state index is 12.5. The monoisotopic (exact) mass is 387 g/mol. The fourth-order valence-corrected chi connectivity index (χ4v) is 3.14. The van der Waals surface area contributed by atoms with Crippen molar-refractivity contribution in [1.29, 1.82) is 0 Å². The predicted octanol–water partition coefficient (Wildman–Crippen LogP) is 2.52. The maximum atomic E-state index is 12.5. The van der Waals surface area contributed by atoms with E-state index in [1.807, 2.05) is 7.05 Å². The van der Waals surface area contributed by atoms with Crippen LogP contribution in [-0.2, 0) is 11.0 Å². The SMILES string of the molecule is CNCCC1CCN(CC(=O)NCCOc2ccc(C(F)(F)F)cc2)CC1. The molecule has 0 atom stereocenters. The highest BCUT2D eigenvalue weighted by Crippen LogP contribution is 2.30. The zero-order valence-corrected chi connectivity index (χ0v) is 15.6. The van der Waals surface area contributed by atoms with E-state index in [0.29, 0.717) is 18.8 Å². The Morgan fingerprint density at radius 2 is 1.85 bits per heavy atom. The zero-order valence-electron chi connectivity index (χ0n) is 15.6. The molecule has 152 valence electrons. The van der Waals surface area contributed by atoms with E-state index in [2.05, 4.69) is 15.5 Å². The molecule has 1 heterocycles. The number of rotatable bonds is 9. The smallest absolute Gasteiger partial charge is 0.416 e. The lowest BCUT2D eigenvalue weighted by Gasteiger charge is -2.31. The molecule has 1 aromatic rings. The van der Waals surface area contributed by atoms with Crippen LogP contribution >= 0.6 is 0 Å². The fraction of sp³-hybridized carbons (Fsp3) is 0.632. The van der Waals surface area contributed by atoms with Gasteiger partial charge in [-0.1, -0.05) is 0 Å². The molecule has 0 aromatic heterocycles. The minimum atomic E-state index is -4.35. The quantitative estimate of drug-likeness (QED) is 0.640. The van der Waals surface area contributed by atoms with E-state index in [0.717, 1.165) is 50.5 Å². The molecule has 0 radical (unpaired) electrons. The molecule has 2 N–H and O–H groups in total. The summed E-state index contributed by atoms with van der Waals surface area (Å²) in [7, 11) is 1.96. The summed E-state index contributed by atoms with van der Waals surface area (Å²) >= 11 is 0. The summed E-state index contributed by atoms with van der Waals surface area (Å²) in [4.78, 5) is 14.1. The standard InChI is InChI=1S/C19H28F3N3O2/c1-23-9-6-15-7-11-25(12-8-15)14-18(26)24-10-13-27-17-4-2-16(3-5-17)19(20,21)22/h2-5,15,23H,6-14H2,1H3,(H,24,26). The third-order valence-corrected chi connectivity index (χ3v) is 4.75. The van der Waals surface area contributed by atoms with E-state index in [4.69, 9.17) is 4.74 Å². The van der Waals surface area contributed by atoms with Crippen molar-refractivity contribution in [3.63, 3.8) is 0 Å². The van der Waals surface area contributed by atoms with Gasteiger partial charge in [-0.2, -0.15) is 13.2 Å². The average molecular weight is 387 g/mol. The number of benzene rings is 1. The van der Waals surface area contributed by atoms with Gasteiger partial charge in [0.15, 0.2) is 0 Å². The number of piperidine rings is 1. The molecule has 1 amide bonds. The fourth-order valence-electron chi connectivity index (χ4n) is 3.14. The molecule has 27 heavy (non-hydrogen) atoms. The van der Waals surface area contributed by atoms with E-state index < -0.39 is 11.7 Å². The number of halogens is 3. The zero-order chi connectivity index (χ0) is 19.7. The molecule has 1 aromatic carbocycles. The van der Waals surface area contributed by atoms with Crippen LogP contribution in [0.25, 0.3) is 0 Å². The van der Waals surface area contributed by atoms with Crippen molar-refractivity contribution >= 4 is 5.91 Å². The summed E-state index contributed by atoms with van der Waals surface area (Å²) in [5, 5.41) is 5.95. The lowest BCUT2D eigenvalue weighted by Crippen LogP contribution is -2.42. The van der Waals surface area contributed by atoms with Crippen molar-refractivity contribution in [1.82, 2.24) is 15.5 Å². The molecule has 1 saturated heterocycles. The topological polar surface area (TPSA) is 53.6 Å². The summed E-state index contributed by atoms with van der Waals surface area (Å²) in [6.45, 7) is 3.80. The second-order valence-corrected chi connectivity index (χ2v) is 6.83. The number of hydrogen-bond donors (Lipinski definition) is 2. The van der Waals surface area contributed by atoms with Gasteiger partial charge in [0.1, 0.15) is 12.4 Å². The van der Waals surface area contributed by atoms with Gasteiger partial charge in [-0.15, -0.1) is 0 Å².